The lowest BCUT2D eigenvalue weighted by Crippen LogP contribution is -2.04. The second-order valence-electron chi connectivity index (χ2n) is 6.97. The molecule has 0 fully saturated rings. The lowest BCUT2D eigenvalue weighted by molar-refractivity contribution is -0.111. The van der Waals surface area contributed by atoms with Gasteiger partial charge in [0.2, 0.25) is 0 Å². The molecule has 1 aromatic heterocycles. The highest BCUT2D eigenvalue weighted by molar-refractivity contribution is 6.35. The Hall–Kier alpha value is -4.39. The molecule has 0 aliphatic carbocycles. The number of rotatable bonds is 2. The van der Waals surface area contributed by atoms with Crippen LogP contribution in [0.3, 0.4) is 0 Å². The van der Waals surface area contributed by atoms with E-state index in [4.69, 9.17) is 0 Å². The number of carbonyl (C=O) groups is 2. The third kappa shape index (κ3) is 2.98. The van der Waals surface area contributed by atoms with Gasteiger partial charge >= 0.3 is 0 Å². The monoisotopic (exact) mass is 397 g/mol. The van der Waals surface area contributed by atoms with E-state index in [1.807, 2.05) is 0 Å². The third-order valence-corrected chi connectivity index (χ3v) is 4.95. The van der Waals surface area contributed by atoms with Gasteiger partial charge in [-0.25, -0.2) is 4.98 Å². The van der Waals surface area contributed by atoms with Crippen LogP contribution in [0.4, 0.5) is 11.4 Å². The summed E-state index contributed by atoms with van der Waals surface area (Å²) in [6.07, 6.45) is 3.27. The maximum absolute atomic E-state index is 12.3. The molecule has 0 bridgehead atoms. The van der Waals surface area contributed by atoms with E-state index in [1.165, 1.54) is 24.3 Å². The van der Waals surface area contributed by atoms with Crippen molar-refractivity contribution in [3.05, 3.63) is 77.1 Å². The Balaban J connectivity index is 1.54. The number of hydrogen-bond donors (Lipinski definition) is 4. The Morgan fingerprint density at radius 1 is 0.700 bits per heavy atom. The van der Waals surface area contributed by atoms with Gasteiger partial charge in [-0.05, 0) is 60.7 Å². The summed E-state index contributed by atoms with van der Waals surface area (Å²) in [5, 5.41) is 25.0. The van der Waals surface area contributed by atoms with Crippen LogP contribution < -0.4 is 10.6 Å². The number of anilines is 2. The van der Waals surface area contributed by atoms with Crippen LogP contribution in [0.2, 0.25) is 0 Å². The van der Waals surface area contributed by atoms with Gasteiger partial charge in [-0.2, -0.15) is 0 Å². The number of hydrogen-bond acceptors (Lipinski definition) is 5. The summed E-state index contributed by atoms with van der Waals surface area (Å²) in [5.74, 6) is -0.421. The Labute approximate surface area is 171 Å². The number of fused-ring (bicyclic) bond motifs is 2. The van der Waals surface area contributed by atoms with E-state index in [2.05, 4.69) is 15.6 Å². The minimum absolute atomic E-state index is 0.0664. The number of amides is 2. The van der Waals surface area contributed by atoms with Crippen molar-refractivity contribution in [3.63, 3.8) is 0 Å². The third-order valence-electron chi connectivity index (χ3n) is 4.95. The van der Waals surface area contributed by atoms with Crippen molar-refractivity contribution in [2.45, 2.75) is 0 Å². The first-order valence-corrected chi connectivity index (χ1v) is 9.18. The quantitative estimate of drug-likeness (QED) is 0.391. The number of nitrogens with one attached hydrogen (secondary N) is 2. The molecule has 2 aromatic carbocycles. The molecule has 0 unspecified atom stereocenters. The molecule has 0 saturated heterocycles. The number of carbonyl (C=O) groups excluding carboxylic acids is 2. The molecule has 5 rings (SSSR count). The van der Waals surface area contributed by atoms with Crippen molar-refractivity contribution in [2.24, 2.45) is 0 Å². The molecule has 7 nitrogen and oxygen atoms in total. The normalized spacial score (nSPS) is 17.1. The molecule has 0 saturated carbocycles. The predicted octanol–water partition coefficient (Wildman–Crippen LogP) is 3.48. The average Bonchev–Trinajstić information content (AvgIpc) is 3.19. The van der Waals surface area contributed by atoms with Gasteiger partial charge in [0.15, 0.2) is 0 Å². The number of phenols is 2. The molecule has 4 N–H and O–H groups in total. The molecule has 7 heteroatoms. The van der Waals surface area contributed by atoms with Crippen LogP contribution in [0, 0.1) is 0 Å². The lowest BCUT2D eigenvalue weighted by Gasteiger charge is -2.02. The number of phenolic OH excluding ortho intramolecular Hbond substituents is 2. The van der Waals surface area contributed by atoms with E-state index < -0.39 is 0 Å². The largest absolute Gasteiger partial charge is 0.508 e. The second-order valence-corrected chi connectivity index (χ2v) is 6.97. The zero-order valence-electron chi connectivity index (χ0n) is 15.5. The smallest absolute Gasteiger partial charge is 0.256 e. The van der Waals surface area contributed by atoms with Crippen molar-refractivity contribution < 1.29 is 19.8 Å². The maximum atomic E-state index is 12.3. The average molecular weight is 397 g/mol. The van der Waals surface area contributed by atoms with Gasteiger partial charge in [0.25, 0.3) is 11.8 Å². The van der Waals surface area contributed by atoms with Gasteiger partial charge in [-0.3, -0.25) is 9.59 Å². The minimum atomic E-state index is -0.277. The topological polar surface area (TPSA) is 112 Å². The molecule has 3 heterocycles. The van der Waals surface area contributed by atoms with E-state index in [0.29, 0.717) is 45.0 Å². The first-order chi connectivity index (χ1) is 14.5. The van der Waals surface area contributed by atoms with Crippen molar-refractivity contribution in [3.8, 4) is 11.5 Å². The van der Waals surface area contributed by atoms with Crippen molar-refractivity contribution in [1.29, 1.82) is 0 Å². The molecule has 0 spiro atoms. The zero-order valence-corrected chi connectivity index (χ0v) is 15.5. The van der Waals surface area contributed by atoms with Crippen molar-refractivity contribution >= 4 is 46.5 Å². The van der Waals surface area contributed by atoms with Crippen LogP contribution in [0.1, 0.15) is 22.5 Å². The summed E-state index contributed by atoms with van der Waals surface area (Å²) in [4.78, 5) is 29.2. The summed E-state index contributed by atoms with van der Waals surface area (Å²) in [6, 6.07) is 14.6. The Morgan fingerprint density at radius 2 is 1.17 bits per heavy atom. The highest BCUT2D eigenvalue weighted by Crippen LogP contribution is 2.36. The molecule has 2 aliphatic rings. The van der Waals surface area contributed by atoms with Gasteiger partial charge < -0.3 is 20.8 Å². The number of aromatic hydroxyl groups is 2. The van der Waals surface area contributed by atoms with Crippen LogP contribution in [0.15, 0.2) is 54.6 Å². The summed E-state index contributed by atoms with van der Waals surface area (Å²) >= 11 is 0. The summed E-state index contributed by atoms with van der Waals surface area (Å²) < 4.78 is 0. The van der Waals surface area contributed by atoms with Crippen molar-refractivity contribution in [1.82, 2.24) is 4.98 Å². The molecule has 2 aliphatic heterocycles. The minimum Gasteiger partial charge on any atom is -0.508 e. The van der Waals surface area contributed by atoms with E-state index in [-0.39, 0.29) is 23.3 Å². The van der Waals surface area contributed by atoms with Crippen LogP contribution in [0.5, 0.6) is 11.5 Å². The first kappa shape index (κ1) is 17.7. The van der Waals surface area contributed by atoms with E-state index in [1.54, 1.807) is 42.5 Å². The molecule has 0 radical (unpaired) electrons. The van der Waals surface area contributed by atoms with Crippen molar-refractivity contribution in [2.75, 3.05) is 10.6 Å². The van der Waals surface area contributed by atoms with E-state index >= 15 is 0 Å². The van der Waals surface area contributed by atoms with Gasteiger partial charge in [0.1, 0.15) is 11.5 Å². The fraction of sp³-hybridized carbons (Fsp3) is 0. The van der Waals surface area contributed by atoms with Gasteiger partial charge in [0.05, 0.1) is 22.5 Å². The Morgan fingerprint density at radius 3 is 1.63 bits per heavy atom. The zero-order chi connectivity index (χ0) is 20.8. The predicted molar refractivity (Wildman–Crippen MR) is 113 cm³/mol. The Bertz CT molecular complexity index is 1210. The fourth-order valence-electron chi connectivity index (χ4n) is 3.56. The van der Waals surface area contributed by atoms with Crippen LogP contribution in [-0.4, -0.2) is 27.0 Å². The Kier molecular flexibility index (Phi) is 3.89. The molecular weight excluding hydrogens is 382 g/mol. The van der Waals surface area contributed by atoms with Gasteiger partial charge in [-0.15, -0.1) is 0 Å². The number of nitrogens with zero attached hydrogens (tertiary/aromatic N) is 1. The van der Waals surface area contributed by atoms with Gasteiger partial charge in [0, 0.05) is 22.5 Å². The van der Waals surface area contributed by atoms with Crippen LogP contribution >= 0.6 is 0 Å². The fourth-order valence-corrected chi connectivity index (χ4v) is 3.56. The summed E-state index contributed by atoms with van der Waals surface area (Å²) in [6.45, 7) is 0. The summed E-state index contributed by atoms with van der Waals surface area (Å²) in [7, 11) is 0. The first-order valence-electron chi connectivity index (χ1n) is 9.18. The van der Waals surface area contributed by atoms with Gasteiger partial charge in [-0.1, -0.05) is 6.07 Å². The molecular formula is C23H15N3O4. The molecule has 2 amide bonds. The highest BCUT2D eigenvalue weighted by Gasteiger charge is 2.26. The SMILES string of the molecule is O=C1Nc2ccc(O)cc2/C1=C\c1cccc(/C=C2/C(=O)Nc3ccc(O)cc32)n1. The van der Waals surface area contributed by atoms with Crippen LogP contribution in [-0.2, 0) is 9.59 Å². The maximum Gasteiger partial charge on any atom is 0.256 e. The molecule has 30 heavy (non-hydrogen) atoms. The molecule has 0 atom stereocenters. The summed E-state index contributed by atoms with van der Waals surface area (Å²) in [5.41, 5.74) is 4.30. The van der Waals surface area contributed by atoms with E-state index in [0.717, 1.165) is 0 Å². The standard InChI is InChI=1S/C23H15N3O4/c27-14-4-6-20-16(10-14)18(22(29)25-20)8-12-2-1-3-13(24-12)9-19-17-11-15(28)5-7-21(17)26-23(19)30/h1-11,27-28H,(H,25,29)(H,26,30)/b18-8+,19-9+. The number of benzene rings is 2. The number of pyridine rings is 1. The second kappa shape index (κ2) is 6.59. The van der Waals surface area contributed by atoms with Crippen LogP contribution in [0.25, 0.3) is 23.3 Å². The molecule has 3 aromatic rings. The highest BCUT2D eigenvalue weighted by atomic mass is 16.3. The number of aromatic nitrogens is 1. The lowest BCUT2D eigenvalue weighted by atomic mass is 10.0. The molecule has 146 valence electrons. The van der Waals surface area contributed by atoms with E-state index in [9.17, 15) is 19.8 Å².